The molecule has 0 unspecified atom stereocenters. The molecule has 0 atom stereocenters. The summed E-state index contributed by atoms with van der Waals surface area (Å²) in [6.45, 7) is 2.22. The van der Waals surface area contributed by atoms with E-state index < -0.39 is 0 Å². The lowest BCUT2D eigenvalue weighted by Gasteiger charge is -2.12. The number of rotatable bonds is 2. The van der Waals surface area contributed by atoms with Gasteiger partial charge < -0.3 is 0 Å². The monoisotopic (exact) mass is 300 g/mol. The van der Waals surface area contributed by atoms with Crippen molar-refractivity contribution in [2.24, 2.45) is 0 Å². The van der Waals surface area contributed by atoms with Crippen molar-refractivity contribution in [1.29, 1.82) is 0 Å². The maximum atomic E-state index is 2.26. The van der Waals surface area contributed by atoms with Gasteiger partial charge in [0.15, 0.2) is 0 Å². The second-order valence-corrected chi connectivity index (χ2v) is 6.46. The van der Waals surface area contributed by atoms with Crippen LogP contribution in [-0.4, -0.2) is 0 Å². The second kappa shape index (κ2) is 5.43. The van der Waals surface area contributed by atoms with E-state index in [0.717, 1.165) is 0 Å². The molecule has 0 N–H and O–H groups in total. The Hall–Kier alpha value is -2.38. The third-order valence-electron chi connectivity index (χ3n) is 4.20. The van der Waals surface area contributed by atoms with Gasteiger partial charge in [-0.25, -0.2) is 0 Å². The van der Waals surface area contributed by atoms with Crippen LogP contribution in [0.4, 0.5) is 0 Å². The van der Waals surface area contributed by atoms with Gasteiger partial charge in [0.1, 0.15) is 0 Å². The molecule has 0 radical (unpaired) electrons. The van der Waals surface area contributed by atoms with Gasteiger partial charge in [-0.3, -0.25) is 0 Å². The maximum Gasteiger partial charge on any atom is 0.0270 e. The highest BCUT2D eigenvalue weighted by atomic mass is 32.1. The van der Waals surface area contributed by atoms with Gasteiger partial charge in [0.05, 0.1) is 0 Å². The Balaban J connectivity index is 2.07. The Morgan fingerprint density at radius 3 is 1.82 bits per heavy atom. The lowest BCUT2D eigenvalue weighted by molar-refractivity contribution is 1.58. The third-order valence-corrected chi connectivity index (χ3v) is 5.04. The minimum atomic E-state index is 1.29. The molecule has 3 aromatic carbocycles. The molecular weight excluding hydrogens is 284 g/mol. The summed E-state index contributed by atoms with van der Waals surface area (Å²) in [4.78, 5) is 1.29. The molecule has 0 saturated carbocycles. The lowest BCUT2D eigenvalue weighted by atomic mass is 9.92. The minimum Gasteiger partial charge on any atom is -0.144 e. The standard InChI is InChI=1S/C21H16S/c1-15-17-8-2-4-10-19(17)21(13-12-16-7-6-14-22-16)20-11-5-3-9-18(15)20/h2-14H,1H3/b13-12+. The van der Waals surface area contributed by atoms with Crippen LogP contribution in [0, 0.1) is 6.92 Å². The zero-order valence-electron chi connectivity index (χ0n) is 12.4. The fraction of sp³-hybridized carbons (Fsp3) is 0.0476. The average molecular weight is 300 g/mol. The molecule has 0 bridgehead atoms. The number of aryl methyl sites for hydroxylation is 1. The van der Waals surface area contributed by atoms with Crippen molar-refractivity contribution in [3.63, 3.8) is 0 Å². The van der Waals surface area contributed by atoms with E-state index in [4.69, 9.17) is 0 Å². The zero-order valence-corrected chi connectivity index (χ0v) is 13.2. The van der Waals surface area contributed by atoms with Crippen LogP contribution in [-0.2, 0) is 0 Å². The van der Waals surface area contributed by atoms with E-state index in [1.165, 1.54) is 37.5 Å². The van der Waals surface area contributed by atoms with Gasteiger partial charge in [0.2, 0.25) is 0 Å². The summed E-state index contributed by atoms with van der Waals surface area (Å²) in [7, 11) is 0. The van der Waals surface area contributed by atoms with Crippen LogP contribution in [0.5, 0.6) is 0 Å². The number of hydrogen-bond acceptors (Lipinski definition) is 1. The molecule has 4 rings (SSSR count). The molecule has 1 heteroatoms. The summed E-state index contributed by atoms with van der Waals surface area (Å²) in [6.07, 6.45) is 4.48. The first-order chi connectivity index (χ1) is 10.8. The summed E-state index contributed by atoms with van der Waals surface area (Å²) < 4.78 is 0. The number of hydrogen-bond donors (Lipinski definition) is 0. The molecular formula is C21H16S. The number of benzene rings is 3. The maximum absolute atomic E-state index is 2.26. The van der Waals surface area contributed by atoms with Crippen molar-refractivity contribution >= 4 is 45.0 Å². The largest absolute Gasteiger partial charge is 0.144 e. The quantitative estimate of drug-likeness (QED) is 0.369. The molecule has 0 amide bonds. The van der Waals surface area contributed by atoms with E-state index in [0.29, 0.717) is 0 Å². The van der Waals surface area contributed by atoms with Crippen LogP contribution < -0.4 is 0 Å². The van der Waals surface area contributed by atoms with Crippen LogP contribution in [0.2, 0.25) is 0 Å². The molecule has 1 heterocycles. The predicted molar refractivity (Wildman–Crippen MR) is 99.4 cm³/mol. The lowest BCUT2D eigenvalue weighted by Crippen LogP contribution is -1.87. The Labute approximate surface area is 134 Å². The van der Waals surface area contributed by atoms with Crippen molar-refractivity contribution in [2.75, 3.05) is 0 Å². The smallest absolute Gasteiger partial charge is 0.0270 e. The molecule has 106 valence electrons. The van der Waals surface area contributed by atoms with Gasteiger partial charge in [-0.2, -0.15) is 0 Å². The van der Waals surface area contributed by atoms with Crippen molar-refractivity contribution in [3.8, 4) is 0 Å². The summed E-state index contributed by atoms with van der Waals surface area (Å²) in [5.74, 6) is 0. The normalized spacial score (nSPS) is 11.7. The Bertz CT molecular complexity index is 919. The Morgan fingerprint density at radius 2 is 1.27 bits per heavy atom. The molecule has 0 aliphatic carbocycles. The number of fused-ring (bicyclic) bond motifs is 2. The molecule has 0 fully saturated rings. The summed E-state index contributed by atoms with van der Waals surface area (Å²) >= 11 is 1.77. The second-order valence-electron chi connectivity index (χ2n) is 5.48. The van der Waals surface area contributed by atoms with Crippen molar-refractivity contribution in [2.45, 2.75) is 6.92 Å². The molecule has 0 spiro atoms. The van der Waals surface area contributed by atoms with Crippen LogP contribution in [0.15, 0.2) is 66.0 Å². The van der Waals surface area contributed by atoms with Gasteiger partial charge in [-0.15, -0.1) is 11.3 Å². The first-order valence-electron chi connectivity index (χ1n) is 7.46. The van der Waals surface area contributed by atoms with Gasteiger partial charge in [0, 0.05) is 4.88 Å². The minimum absolute atomic E-state index is 1.29. The van der Waals surface area contributed by atoms with Crippen molar-refractivity contribution in [1.82, 2.24) is 0 Å². The van der Waals surface area contributed by atoms with Crippen molar-refractivity contribution in [3.05, 3.63) is 82.0 Å². The Kier molecular flexibility index (Phi) is 3.28. The third kappa shape index (κ3) is 2.15. The van der Waals surface area contributed by atoms with Crippen LogP contribution >= 0.6 is 11.3 Å². The fourth-order valence-electron chi connectivity index (χ4n) is 3.11. The van der Waals surface area contributed by atoms with Crippen molar-refractivity contribution < 1.29 is 0 Å². The topological polar surface area (TPSA) is 0 Å². The Morgan fingerprint density at radius 1 is 0.682 bits per heavy atom. The van der Waals surface area contributed by atoms with Gasteiger partial charge in [0.25, 0.3) is 0 Å². The molecule has 22 heavy (non-hydrogen) atoms. The number of thiophene rings is 1. The summed E-state index contributed by atoms with van der Waals surface area (Å²) in [5.41, 5.74) is 2.67. The van der Waals surface area contributed by atoms with E-state index in [1.54, 1.807) is 11.3 Å². The van der Waals surface area contributed by atoms with E-state index in [1.807, 2.05) is 0 Å². The van der Waals surface area contributed by atoms with E-state index in [9.17, 15) is 0 Å². The average Bonchev–Trinajstić information content (AvgIpc) is 3.08. The van der Waals surface area contributed by atoms with Gasteiger partial charge >= 0.3 is 0 Å². The molecule has 0 saturated heterocycles. The predicted octanol–water partition coefficient (Wildman–Crippen LogP) is 6.53. The summed E-state index contributed by atoms with van der Waals surface area (Å²) in [5, 5.41) is 7.45. The van der Waals surface area contributed by atoms with Crippen LogP contribution in [0.1, 0.15) is 16.0 Å². The van der Waals surface area contributed by atoms with E-state index in [2.05, 4.69) is 85.1 Å². The SMILES string of the molecule is Cc1c2ccccc2c(/C=C/c2cccs2)c2ccccc12. The van der Waals surface area contributed by atoms with E-state index >= 15 is 0 Å². The highest BCUT2D eigenvalue weighted by Gasteiger charge is 2.08. The molecule has 4 aromatic rings. The molecule has 0 nitrogen and oxygen atoms in total. The zero-order chi connectivity index (χ0) is 14.9. The first-order valence-corrected chi connectivity index (χ1v) is 8.34. The van der Waals surface area contributed by atoms with Crippen LogP contribution in [0.3, 0.4) is 0 Å². The van der Waals surface area contributed by atoms with E-state index in [-0.39, 0.29) is 0 Å². The molecule has 0 aliphatic rings. The molecule has 1 aromatic heterocycles. The first kappa shape index (κ1) is 13.3. The highest BCUT2D eigenvalue weighted by molar-refractivity contribution is 7.10. The highest BCUT2D eigenvalue weighted by Crippen LogP contribution is 2.33. The molecule has 0 aliphatic heterocycles. The van der Waals surface area contributed by atoms with Gasteiger partial charge in [-0.1, -0.05) is 60.7 Å². The summed E-state index contributed by atoms with van der Waals surface area (Å²) in [6, 6.07) is 21.6. The van der Waals surface area contributed by atoms with Gasteiger partial charge in [-0.05, 0) is 57.1 Å². The fourth-order valence-corrected chi connectivity index (χ4v) is 3.73. The van der Waals surface area contributed by atoms with Crippen LogP contribution in [0.25, 0.3) is 33.7 Å².